The Balaban J connectivity index is 2.45. The fourth-order valence-electron chi connectivity index (χ4n) is 1.97. The van der Waals surface area contributed by atoms with Crippen LogP contribution in [0.3, 0.4) is 0 Å². The molecule has 1 N–H and O–H groups in total. The maximum Gasteiger partial charge on any atom is 0.250 e. The van der Waals surface area contributed by atoms with Gasteiger partial charge in [-0.2, -0.15) is 0 Å². The molecule has 1 aliphatic rings. The Bertz CT molecular complexity index is 508. The summed E-state index contributed by atoms with van der Waals surface area (Å²) in [4.78, 5) is 25.5. The van der Waals surface area contributed by atoms with Crippen molar-refractivity contribution in [3.63, 3.8) is 0 Å². The first-order chi connectivity index (χ1) is 8.63. The summed E-state index contributed by atoms with van der Waals surface area (Å²) in [6.45, 7) is 4.01. The Hall–Kier alpha value is -2.10. The Morgan fingerprint density at radius 2 is 2.17 bits per heavy atom. The molecule has 1 unspecified atom stereocenters. The average Bonchev–Trinajstić information content (AvgIpc) is 2.48. The van der Waals surface area contributed by atoms with Crippen LogP contribution in [0.25, 0.3) is 0 Å². The van der Waals surface area contributed by atoms with E-state index in [1.165, 1.54) is 6.08 Å². The molecule has 1 atom stereocenters. The van der Waals surface area contributed by atoms with Crippen molar-refractivity contribution in [3.8, 4) is 0 Å². The number of nitrogens with zero attached hydrogens (tertiary/aromatic N) is 1. The summed E-state index contributed by atoms with van der Waals surface area (Å²) in [6, 6.07) is 7.35. The first kappa shape index (κ1) is 12.4. The van der Waals surface area contributed by atoms with Crippen molar-refractivity contribution in [2.45, 2.75) is 13.8 Å². The Morgan fingerprint density at radius 1 is 1.44 bits per heavy atom. The number of para-hydroxylation sites is 2. The van der Waals surface area contributed by atoms with E-state index in [2.05, 4.69) is 5.32 Å². The zero-order valence-electron chi connectivity index (χ0n) is 10.5. The molecule has 0 fully saturated rings. The summed E-state index contributed by atoms with van der Waals surface area (Å²) < 4.78 is 0. The van der Waals surface area contributed by atoms with Crippen molar-refractivity contribution < 1.29 is 9.59 Å². The number of rotatable bonds is 1. The molecule has 0 bridgehead atoms. The SMILES string of the molecule is C/C=C/C(=O)N1CC(C)C(=O)Nc2ccccc21. The van der Waals surface area contributed by atoms with Crippen LogP contribution >= 0.6 is 0 Å². The Labute approximate surface area is 106 Å². The second-order valence-electron chi connectivity index (χ2n) is 4.36. The topological polar surface area (TPSA) is 49.4 Å². The number of carbonyl (C=O) groups is 2. The van der Waals surface area contributed by atoms with Gasteiger partial charge in [-0.15, -0.1) is 0 Å². The summed E-state index contributed by atoms with van der Waals surface area (Å²) in [6.07, 6.45) is 3.22. The minimum Gasteiger partial charge on any atom is -0.324 e. The van der Waals surface area contributed by atoms with Crippen molar-refractivity contribution in [3.05, 3.63) is 36.4 Å². The zero-order chi connectivity index (χ0) is 13.1. The minimum absolute atomic E-state index is 0.0572. The lowest BCUT2D eigenvalue weighted by atomic mass is 10.1. The van der Waals surface area contributed by atoms with Crippen LogP contribution in [0.2, 0.25) is 0 Å². The molecule has 1 aromatic rings. The lowest BCUT2D eigenvalue weighted by molar-refractivity contribution is -0.119. The maximum atomic E-state index is 12.1. The van der Waals surface area contributed by atoms with E-state index in [9.17, 15) is 9.59 Å². The number of allylic oxidation sites excluding steroid dienone is 1. The second kappa shape index (κ2) is 5.04. The molecule has 0 aliphatic carbocycles. The number of benzene rings is 1. The molecule has 1 heterocycles. The molecule has 2 rings (SSSR count). The largest absolute Gasteiger partial charge is 0.324 e. The Morgan fingerprint density at radius 3 is 2.89 bits per heavy atom. The highest BCUT2D eigenvalue weighted by molar-refractivity contribution is 6.08. The zero-order valence-corrected chi connectivity index (χ0v) is 10.5. The van der Waals surface area contributed by atoms with E-state index in [0.29, 0.717) is 12.2 Å². The summed E-state index contributed by atoms with van der Waals surface area (Å²) in [7, 11) is 0. The van der Waals surface area contributed by atoms with Crippen LogP contribution in [0.15, 0.2) is 36.4 Å². The van der Waals surface area contributed by atoms with Gasteiger partial charge in [0.05, 0.1) is 17.3 Å². The Kier molecular flexibility index (Phi) is 3.46. The molecule has 4 heteroatoms. The third-order valence-corrected chi connectivity index (χ3v) is 2.93. The van der Waals surface area contributed by atoms with Gasteiger partial charge in [-0.1, -0.05) is 25.1 Å². The standard InChI is InChI=1S/C14H16N2O2/c1-3-6-13(17)16-9-10(2)14(18)15-11-7-4-5-8-12(11)16/h3-8,10H,9H2,1-2H3,(H,15,18)/b6-3+. The first-order valence-corrected chi connectivity index (χ1v) is 5.97. The predicted octanol–water partition coefficient (Wildman–Crippen LogP) is 2.18. The molecule has 0 spiro atoms. The smallest absolute Gasteiger partial charge is 0.250 e. The molecule has 0 radical (unpaired) electrons. The quantitative estimate of drug-likeness (QED) is 0.770. The molecule has 1 aromatic carbocycles. The van der Waals surface area contributed by atoms with Crippen molar-refractivity contribution in [1.29, 1.82) is 0 Å². The van der Waals surface area contributed by atoms with Gasteiger partial charge in [-0.05, 0) is 25.1 Å². The predicted molar refractivity (Wildman–Crippen MR) is 71.4 cm³/mol. The summed E-state index contributed by atoms with van der Waals surface area (Å²) >= 11 is 0. The molecule has 94 valence electrons. The van der Waals surface area contributed by atoms with Gasteiger partial charge in [0.15, 0.2) is 0 Å². The van der Waals surface area contributed by atoms with Crippen LogP contribution < -0.4 is 10.2 Å². The van der Waals surface area contributed by atoms with Crippen molar-refractivity contribution >= 4 is 23.2 Å². The van der Waals surface area contributed by atoms with Crippen LogP contribution in [-0.2, 0) is 9.59 Å². The highest BCUT2D eigenvalue weighted by Gasteiger charge is 2.27. The lowest BCUT2D eigenvalue weighted by Crippen LogP contribution is -2.34. The van der Waals surface area contributed by atoms with Gasteiger partial charge in [0, 0.05) is 6.54 Å². The van der Waals surface area contributed by atoms with E-state index < -0.39 is 0 Å². The summed E-state index contributed by atoms with van der Waals surface area (Å²) in [5.41, 5.74) is 1.43. The van der Waals surface area contributed by atoms with Gasteiger partial charge in [0.1, 0.15) is 0 Å². The molecule has 0 saturated carbocycles. The molecule has 0 aromatic heterocycles. The van der Waals surface area contributed by atoms with E-state index in [1.807, 2.05) is 25.1 Å². The van der Waals surface area contributed by atoms with Gasteiger partial charge in [-0.25, -0.2) is 0 Å². The highest BCUT2D eigenvalue weighted by Crippen LogP contribution is 2.29. The molecule has 1 aliphatic heterocycles. The summed E-state index contributed by atoms with van der Waals surface area (Å²) in [5.74, 6) is -0.391. The van der Waals surface area contributed by atoms with Gasteiger partial charge >= 0.3 is 0 Å². The molecular weight excluding hydrogens is 228 g/mol. The number of hydrogen-bond acceptors (Lipinski definition) is 2. The highest BCUT2D eigenvalue weighted by atomic mass is 16.2. The molecular formula is C14H16N2O2. The number of anilines is 2. The molecule has 18 heavy (non-hydrogen) atoms. The van der Waals surface area contributed by atoms with E-state index in [1.54, 1.807) is 24.0 Å². The fraction of sp³-hybridized carbons (Fsp3) is 0.286. The fourth-order valence-corrected chi connectivity index (χ4v) is 1.97. The number of amides is 2. The van der Waals surface area contributed by atoms with Gasteiger partial charge in [0.25, 0.3) is 5.91 Å². The third kappa shape index (κ3) is 2.27. The van der Waals surface area contributed by atoms with E-state index >= 15 is 0 Å². The average molecular weight is 244 g/mol. The van der Waals surface area contributed by atoms with Gasteiger partial charge < -0.3 is 10.2 Å². The van der Waals surface area contributed by atoms with E-state index in [0.717, 1.165) is 5.69 Å². The maximum absolute atomic E-state index is 12.1. The van der Waals surface area contributed by atoms with Crippen molar-refractivity contribution in [1.82, 2.24) is 0 Å². The van der Waals surface area contributed by atoms with Crippen LogP contribution in [0.1, 0.15) is 13.8 Å². The van der Waals surface area contributed by atoms with Crippen molar-refractivity contribution in [2.24, 2.45) is 5.92 Å². The number of nitrogens with one attached hydrogen (secondary N) is 1. The van der Waals surface area contributed by atoms with E-state index in [4.69, 9.17) is 0 Å². The van der Waals surface area contributed by atoms with Gasteiger partial charge in [-0.3, -0.25) is 9.59 Å². The van der Waals surface area contributed by atoms with Crippen LogP contribution in [0, 0.1) is 5.92 Å². The minimum atomic E-state index is -0.230. The lowest BCUT2D eigenvalue weighted by Gasteiger charge is -2.21. The molecule has 4 nitrogen and oxygen atoms in total. The van der Waals surface area contributed by atoms with Crippen LogP contribution in [-0.4, -0.2) is 18.4 Å². The second-order valence-corrected chi connectivity index (χ2v) is 4.36. The van der Waals surface area contributed by atoms with Crippen molar-refractivity contribution in [2.75, 3.05) is 16.8 Å². The van der Waals surface area contributed by atoms with E-state index in [-0.39, 0.29) is 17.7 Å². The van der Waals surface area contributed by atoms with Crippen LogP contribution in [0.4, 0.5) is 11.4 Å². The van der Waals surface area contributed by atoms with Gasteiger partial charge in [0.2, 0.25) is 5.91 Å². The van der Waals surface area contributed by atoms with Crippen LogP contribution in [0.5, 0.6) is 0 Å². The number of carbonyl (C=O) groups excluding carboxylic acids is 2. The monoisotopic (exact) mass is 244 g/mol. The number of fused-ring (bicyclic) bond motifs is 1. The first-order valence-electron chi connectivity index (χ1n) is 5.97. The molecule has 0 saturated heterocycles. The summed E-state index contributed by atoms with van der Waals surface area (Å²) in [5, 5.41) is 2.84. The molecule has 2 amide bonds. The normalized spacial score (nSPS) is 19.3. The number of hydrogen-bond donors (Lipinski definition) is 1. The third-order valence-electron chi connectivity index (χ3n) is 2.93.